The number of hydrogen-bond donors (Lipinski definition) is 1. The molecule has 0 bridgehead atoms. The van der Waals surface area contributed by atoms with Gasteiger partial charge in [-0.25, -0.2) is 9.59 Å². The minimum atomic E-state index is -0.523. The van der Waals surface area contributed by atoms with Crippen LogP contribution in [0.2, 0.25) is 0 Å². The maximum atomic E-state index is 12.5. The highest BCUT2D eigenvalue weighted by atomic mass is 16.6. The Hall–Kier alpha value is -2.75. The average molecular weight is 372 g/mol. The summed E-state index contributed by atoms with van der Waals surface area (Å²) in [6.07, 6.45) is 1.52. The molecule has 1 atom stereocenters. The van der Waals surface area contributed by atoms with Crippen LogP contribution in [0.4, 0.5) is 15.3 Å². The van der Waals surface area contributed by atoms with Crippen molar-refractivity contribution in [1.82, 2.24) is 9.80 Å². The Bertz CT molecular complexity index is 703. The van der Waals surface area contributed by atoms with Crippen molar-refractivity contribution in [3.63, 3.8) is 0 Å². The summed E-state index contributed by atoms with van der Waals surface area (Å²) in [5.41, 5.74) is 0.688. The minimum absolute atomic E-state index is 0.163. The number of benzene rings is 1. The van der Waals surface area contributed by atoms with E-state index in [1.807, 2.05) is 20.8 Å². The van der Waals surface area contributed by atoms with Crippen molar-refractivity contribution in [3.8, 4) is 6.07 Å². The third kappa shape index (κ3) is 6.48. The number of hydrogen-bond acceptors (Lipinski definition) is 4. The fourth-order valence-electron chi connectivity index (χ4n) is 3.03. The number of nitriles is 1. The molecular weight excluding hydrogens is 344 g/mol. The first-order valence-electron chi connectivity index (χ1n) is 9.18. The maximum Gasteiger partial charge on any atom is 0.410 e. The quantitative estimate of drug-likeness (QED) is 0.877. The highest BCUT2D eigenvalue weighted by Gasteiger charge is 2.27. The van der Waals surface area contributed by atoms with Crippen molar-refractivity contribution in [2.45, 2.75) is 39.2 Å². The second kappa shape index (κ2) is 8.76. The molecule has 1 heterocycles. The number of carbonyl (C=O) groups excluding carboxylic acids is 2. The van der Waals surface area contributed by atoms with Gasteiger partial charge in [0.2, 0.25) is 0 Å². The van der Waals surface area contributed by atoms with Crippen LogP contribution in [0.1, 0.15) is 39.2 Å². The number of anilines is 1. The Morgan fingerprint density at radius 2 is 2.00 bits per heavy atom. The SMILES string of the molecule is CN(CC1CCCN(C(=O)Nc2ccc(C#N)cc2)C1)C(=O)OC(C)(C)C. The van der Waals surface area contributed by atoms with Crippen LogP contribution in [0.5, 0.6) is 0 Å². The van der Waals surface area contributed by atoms with E-state index < -0.39 is 5.60 Å². The van der Waals surface area contributed by atoms with Crippen LogP contribution in [0.3, 0.4) is 0 Å². The normalized spacial score (nSPS) is 17.0. The molecule has 27 heavy (non-hydrogen) atoms. The first kappa shape index (κ1) is 20.6. The van der Waals surface area contributed by atoms with Gasteiger partial charge < -0.3 is 19.9 Å². The second-order valence-electron chi connectivity index (χ2n) is 7.93. The van der Waals surface area contributed by atoms with E-state index in [-0.39, 0.29) is 18.0 Å². The Balaban J connectivity index is 1.88. The average Bonchev–Trinajstić information content (AvgIpc) is 2.61. The lowest BCUT2D eigenvalue weighted by Crippen LogP contribution is -2.46. The lowest BCUT2D eigenvalue weighted by atomic mass is 9.98. The predicted octanol–water partition coefficient (Wildman–Crippen LogP) is 3.67. The molecule has 0 aliphatic carbocycles. The number of rotatable bonds is 3. The molecule has 3 amide bonds. The molecule has 7 nitrogen and oxygen atoms in total. The molecule has 1 aromatic carbocycles. The molecule has 0 spiro atoms. The molecule has 1 fully saturated rings. The predicted molar refractivity (Wildman–Crippen MR) is 103 cm³/mol. The summed E-state index contributed by atoms with van der Waals surface area (Å²) >= 11 is 0. The number of urea groups is 1. The molecule has 0 aromatic heterocycles. The summed E-state index contributed by atoms with van der Waals surface area (Å²) in [5, 5.41) is 11.7. The number of nitrogens with one attached hydrogen (secondary N) is 1. The van der Waals surface area contributed by atoms with Gasteiger partial charge in [0.15, 0.2) is 0 Å². The van der Waals surface area contributed by atoms with Gasteiger partial charge in [-0.15, -0.1) is 0 Å². The summed E-state index contributed by atoms with van der Waals surface area (Å²) in [5.74, 6) is 0.211. The molecule has 1 unspecified atom stereocenters. The standard InChI is InChI=1S/C20H28N4O3/c1-20(2,3)27-19(26)23(4)13-16-6-5-11-24(14-16)18(25)22-17-9-7-15(12-21)8-10-17/h7-10,16H,5-6,11,13-14H2,1-4H3,(H,22,25). The molecule has 1 N–H and O–H groups in total. The van der Waals surface area contributed by atoms with Crippen LogP contribution < -0.4 is 5.32 Å². The van der Waals surface area contributed by atoms with Gasteiger partial charge in [0.05, 0.1) is 11.6 Å². The van der Waals surface area contributed by atoms with Crippen LogP contribution in [-0.2, 0) is 4.74 Å². The molecule has 7 heteroatoms. The van der Waals surface area contributed by atoms with Gasteiger partial charge in [-0.1, -0.05) is 0 Å². The van der Waals surface area contributed by atoms with Crippen LogP contribution in [0.15, 0.2) is 24.3 Å². The summed E-state index contributed by atoms with van der Waals surface area (Å²) in [4.78, 5) is 28.0. The summed E-state index contributed by atoms with van der Waals surface area (Å²) in [7, 11) is 1.73. The van der Waals surface area contributed by atoms with Gasteiger partial charge in [0, 0.05) is 32.4 Å². The Kier molecular flexibility index (Phi) is 6.67. The van der Waals surface area contributed by atoms with Crippen molar-refractivity contribution in [1.29, 1.82) is 5.26 Å². The van der Waals surface area contributed by atoms with Gasteiger partial charge in [-0.05, 0) is 63.8 Å². The van der Waals surface area contributed by atoms with Crippen molar-refractivity contribution < 1.29 is 14.3 Å². The van der Waals surface area contributed by atoms with E-state index in [0.29, 0.717) is 30.9 Å². The summed E-state index contributed by atoms with van der Waals surface area (Å²) in [6.45, 7) is 7.36. The molecule has 1 aliphatic heterocycles. The topological polar surface area (TPSA) is 85.7 Å². The lowest BCUT2D eigenvalue weighted by molar-refractivity contribution is 0.0253. The molecule has 0 radical (unpaired) electrons. The van der Waals surface area contributed by atoms with E-state index in [1.54, 1.807) is 41.1 Å². The van der Waals surface area contributed by atoms with E-state index >= 15 is 0 Å². The van der Waals surface area contributed by atoms with Gasteiger partial charge in [0.1, 0.15) is 5.60 Å². The number of carbonyl (C=O) groups is 2. The molecule has 2 rings (SSSR count). The van der Waals surface area contributed by atoms with Gasteiger partial charge in [-0.3, -0.25) is 0 Å². The fraction of sp³-hybridized carbons (Fsp3) is 0.550. The van der Waals surface area contributed by atoms with Crippen molar-refractivity contribution in [2.75, 3.05) is 32.0 Å². The van der Waals surface area contributed by atoms with Gasteiger partial charge >= 0.3 is 12.1 Å². The van der Waals surface area contributed by atoms with Gasteiger partial charge in [-0.2, -0.15) is 5.26 Å². The van der Waals surface area contributed by atoms with E-state index in [1.165, 1.54) is 0 Å². The Morgan fingerprint density at radius 3 is 2.59 bits per heavy atom. The van der Waals surface area contributed by atoms with Gasteiger partial charge in [0.25, 0.3) is 0 Å². The third-order valence-electron chi connectivity index (χ3n) is 4.31. The first-order chi connectivity index (χ1) is 12.7. The number of amides is 3. The van der Waals surface area contributed by atoms with E-state index in [2.05, 4.69) is 11.4 Å². The second-order valence-corrected chi connectivity index (χ2v) is 7.93. The van der Waals surface area contributed by atoms with Crippen LogP contribution >= 0.6 is 0 Å². The monoisotopic (exact) mass is 372 g/mol. The first-order valence-corrected chi connectivity index (χ1v) is 9.18. The van der Waals surface area contributed by atoms with E-state index in [4.69, 9.17) is 10.00 Å². The Morgan fingerprint density at radius 1 is 1.33 bits per heavy atom. The molecule has 0 saturated carbocycles. The Labute approximate surface area is 160 Å². The molecule has 1 saturated heterocycles. The smallest absolute Gasteiger partial charge is 0.410 e. The highest BCUT2D eigenvalue weighted by Crippen LogP contribution is 2.20. The maximum absolute atomic E-state index is 12.5. The van der Waals surface area contributed by atoms with E-state index in [0.717, 1.165) is 12.8 Å². The highest BCUT2D eigenvalue weighted by molar-refractivity contribution is 5.89. The van der Waals surface area contributed by atoms with Crippen LogP contribution in [0.25, 0.3) is 0 Å². The number of likely N-dealkylation sites (tertiary alicyclic amines) is 1. The molecule has 1 aromatic rings. The molecule has 146 valence electrons. The number of piperidine rings is 1. The zero-order chi connectivity index (χ0) is 20.0. The van der Waals surface area contributed by atoms with Crippen molar-refractivity contribution in [2.24, 2.45) is 5.92 Å². The summed E-state index contributed by atoms with van der Waals surface area (Å²) < 4.78 is 5.38. The van der Waals surface area contributed by atoms with E-state index in [9.17, 15) is 9.59 Å². The largest absolute Gasteiger partial charge is 0.444 e. The van der Waals surface area contributed by atoms with Crippen LogP contribution in [0, 0.1) is 17.2 Å². The lowest BCUT2D eigenvalue weighted by Gasteiger charge is -2.35. The van der Waals surface area contributed by atoms with Crippen molar-refractivity contribution in [3.05, 3.63) is 29.8 Å². The molecule has 1 aliphatic rings. The zero-order valence-corrected chi connectivity index (χ0v) is 16.5. The third-order valence-corrected chi connectivity index (χ3v) is 4.31. The zero-order valence-electron chi connectivity index (χ0n) is 16.5. The number of nitrogens with zero attached hydrogens (tertiary/aromatic N) is 3. The summed E-state index contributed by atoms with van der Waals surface area (Å²) in [6, 6.07) is 8.66. The fourth-order valence-corrected chi connectivity index (χ4v) is 3.03. The number of ether oxygens (including phenoxy) is 1. The minimum Gasteiger partial charge on any atom is -0.444 e. The molecular formula is C20H28N4O3. The van der Waals surface area contributed by atoms with Crippen LogP contribution in [-0.4, -0.2) is 54.2 Å². The van der Waals surface area contributed by atoms with Crippen molar-refractivity contribution >= 4 is 17.8 Å².